The SMILES string of the molecule is O=C1[N-]/C(=C/c2ccc(-c3ccc4c(c3)CNC4=O)s2)C(=O)N1.[Na+]. The summed E-state index contributed by atoms with van der Waals surface area (Å²) >= 11 is 1.49. The van der Waals surface area contributed by atoms with Crippen LogP contribution in [0.25, 0.3) is 21.8 Å². The maximum Gasteiger partial charge on any atom is 1.00 e. The van der Waals surface area contributed by atoms with Crippen molar-refractivity contribution in [2.24, 2.45) is 0 Å². The van der Waals surface area contributed by atoms with Crippen LogP contribution < -0.4 is 40.2 Å². The Morgan fingerprint density at radius 3 is 2.67 bits per heavy atom. The predicted molar refractivity (Wildman–Crippen MR) is 85.8 cm³/mol. The van der Waals surface area contributed by atoms with Crippen LogP contribution in [0.3, 0.4) is 0 Å². The predicted octanol–water partition coefficient (Wildman–Crippen LogP) is -0.373. The molecule has 2 aromatic rings. The van der Waals surface area contributed by atoms with Crippen LogP contribution in [-0.4, -0.2) is 17.8 Å². The van der Waals surface area contributed by atoms with Crippen molar-refractivity contribution in [2.45, 2.75) is 6.54 Å². The Bertz CT molecular complexity index is 904. The fraction of sp³-hybridized carbons (Fsp3) is 0.0625. The quantitative estimate of drug-likeness (QED) is 0.441. The number of urea groups is 1. The number of amides is 4. The zero-order valence-electron chi connectivity index (χ0n) is 12.8. The smallest absolute Gasteiger partial charge is 0.398 e. The third-order valence-electron chi connectivity index (χ3n) is 3.65. The summed E-state index contributed by atoms with van der Waals surface area (Å²) in [7, 11) is 0. The molecule has 3 heterocycles. The number of rotatable bonds is 2. The van der Waals surface area contributed by atoms with E-state index in [0.717, 1.165) is 20.9 Å². The normalized spacial score (nSPS) is 17.2. The molecule has 6 nitrogen and oxygen atoms in total. The minimum Gasteiger partial charge on any atom is -0.398 e. The third kappa shape index (κ3) is 3.03. The van der Waals surface area contributed by atoms with Crippen molar-refractivity contribution in [3.8, 4) is 10.4 Å². The first-order valence-electron chi connectivity index (χ1n) is 6.90. The Morgan fingerprint density at radius 1 is 1.08 bits per heavy atom. The van der Waals surface area contributed by atoms with Gasteiger partial charge in [-0.3, -0.25) is 14.4 Å². The number of hydrogen-bond donors (Lipinski definition) is 2. The van der Waals surface area contributed by atoms with E-state index in [1.54, 1.807) is 6.08 Å². The first kappa shape index (κ1) is 16.9. The Balaban J connectivity index is 0.00000169. The van der Waals surface area contributed by atoms with Crippen LogP contribution in [0.5, 0.6) is 0 Å². The van der Waals surface area contributed by atoms with Gasteiger partial charge in [0.05, 0.1) is 0 Å². The van der Waals surface area contributed by atoms with Gasteiger partial charge in [0, 0.05) is 27.6 Å². The summed E-state index contributed by atoms with van der Waals surface area (Å²) in [6.07, 6.45) is 1.59. The van der Waals surface area contributed by atoms with Gasteiger partial charge in [0.1, 0.15) is 0 Å². The molecular formula is C16H10N3NaO3S. The molecule has 24 heavy (non-hydrogen) atoms. The number of carbonyl (C=O) groups is 3. The molecule has 4 amide bonds. The summed E-state index contributed by atoms with van der Waals surface area (Å²) in [5.41, 5.74) is 2.83. The maximum absolute atomic E-state index is 11.6. The first-order valence-corrected chi connectivity index (χ1v) is 7.72. The Hall–Kier alpha value is -1.93. The van der Waals surface area contributed by atoms with Crippen LogP contribution in [0.15, 0.2) is 36.0 Å². The first-order chi connectivity index (χ1) is 11.1. The summed E-state index contributed by atoms with van der Waals surface area (Å²) in [4.78, 5) is 36.0. The van der Waals surface area contributed by atoms with Crippen LogP contribution in [0.1, 0.15) is 20.8 Å². The average molecular weight is 347 g/mol. The zero-order chi connectivity index (χ0) is 16.0. The van der Waals surface area contributed by atoms with Crippen molar-refractivity contribution in [3.63, 3.8) is 0 Å². The maximum atomic E-state index is 11.6. The molecule has 114 valence electrons. The van der Waals surface area contributed by atoms with Gasteiger partial charge < -0.3 is 16.0 Å². The molecule has 2 aliphatic rings. The van der Waals surface area contributed by atoms with E-state index in [9.17, 15) is 14.4 Å². The molecule has 0 atom stereocenters. The molecule has 0 aliphatic carbocycles. The number of thiophene rings is 1. The third-order valence-corrected chi connectivity index (χ3v) is 4.74. The van der Waals surface area contributed by atoms with E-state index in [4.69, 9.17) is 0 Å². The second-order valence-electron chi connectivity index (χ2n) is 5.16. The molecule has 1 fully saturated rings. The molecule has 0 unspecified atom stereocenters. The molecular weight excluding hydrogens is 337 g/mol. The summed E-state index contributed by atoms with van der Waals surface area (Å²) in [5.74, 6) is -0.520. The van der Waals surface area contributed by atoms with Gasteiger partial charge in [-0.25, -0.2) is 0 Å². The van der Waals surface area contributed by atoms with Crippen LogP contribution >= 0.6 is 11.3 Å². The van der Waals surface area contributed by atoms with Crippen LogP contribution in [0.2, 0.25) is 0 Å². The topological polar surface area (TPSA) is 89.4 Å². The van der Waals surface area contributed by atoms with Gasteiger partial charge in [0.25, 0.3) is 5.91 Å². The molecule has 1 saturated heterocycles. The van der Waals surface area contributed by atoms with Crippen molar-refractivity contribution in [1.29, 1.82) is 0 Å². The summed E-state index contributed by atoms with van der Waals surface area (Å²) < 4.78 is 0. The monoisotopic (exact) mass is 347 g/mol. The molecule has 0 radical (unpaired) electrons. The molecule has 0 bridgehead atoms. The molecule has 0 spiro atoms. The van der Waals surface area contributed by atoms with E-state index in [0.29, 0.717) is 12.1 Å². The fourth-order valence-corrected chi connectivity index (χ4v) is 3.49. The summed E-state index contributed by atoms with van der Waals surface area (Å²) in [6, 6.07) is 8.90. The number of fused-ring (bicyclic) bond motifs is 1. The van der Waals surface area contributed by atoms with Gasteiger partial charge in [-0.1, -0.05) is 6.07 Å². The van der Waals surface area contributed by atoms with Gasteiger partial charge in [-0.2, -0.15) is 0 Å². The zero-order valence-corrected chi connectivity index (χ0v) is 15.6. The van der Waals surface area contributed by atoms with E-state index in [2.05, 4.69) is 16.0 Å². The van der Waals surface area contributed by atoms with Gasteiger partial charge in [0.2, 0.25) is 0 Å². The number of imide groups is 1. The minimum atomic E-state index is -0.631. The minimum absolute atomic E-state index is 0. The van der Waals surface area contributed by atoms with Crippen molar-refractivity contribution in [2.75, 3.05) is 0 Å². The van der Waals surface area contributed by atoms with Crippen molar-refractivity contribution in [1.82, 2.24) is 10.6 Å². The number of nitrogens with one attached hydrogen (secondary N) is 2. The van der Waals surface area contributed by atoms with E-state index in [-0.39, 0.29) is 41.2 Å². The molecule has 0 saturated carbocycles. The van der Waals surface area contributed by atoms with E-state index < -0.39 is 11.9 Å². The van der Waals surface area contributed by atoms with E-state index >= 15 is 0 Å². The number of nitrogens with zero attached hydrogens (tertiary/aromatic N) is 1. The van der Waals surface area contributed by atoms with Gasteiger partial charge in [-0.15, -0.1) is 11.3 Å². The fourth-order valence-electron chi connectivity index (χ4n) is 2.55. The van der Waals surface area contributed by atoms with Crippen LogP contribution in [0, 0.1) is 0 Å². The van der Waals surface area contributed by atoms with E-state index in [1.165, 1.54) is 11.3 Å². The second-order valence-corrected chi connectivity index (χ2v) is 6.27. The number of carbonyl (C=O) groups excluding carboxylic acids is 3. The summed E-state index contributed by atoms with van der Waals surface area (Å²) in [6.45, 7) is 0.547. The van der Waals surface area contributed by atoms with Crippen molar-refractivity contribution < 1.29 is 43.9 Å². The Labute approximate surface area is 163 Å². The standard InChI is InChI=1S/C16H11N3O3S.Na/c20-14-11-3-1-8(5-9(11)7-17-14)13-4-2-10(23-13)6-12-15(21)19-16(22)18-12;/h1-6H,7H2,(H3,17,18,19,20,21,22);/q;+1/p-1. The van der Waals surface area contributed by atoms with Crippen molar-refractivity contribution >= 4 is 35.3 Å². The molecule has 2 aliphatic heterocycles. The average Bonchev–Trinajstić information content (AvgIpc) is 3.21. The molecule has 8 heteroatoms. The second kappa shape index (κ2) is 6.52. The van der Waals surface area contributed by atoms with Gasteiger partial charge in [-0.05, 0) is 41.5 Å². The van der Waals surface area contributed by atoms with Gasteiger partial charge in [0.15, 0.2) is 11.9 Å². The summed E-state index contributed by atoms with van der Waals surface area (Å²) in [5, 5.41) is 8.53. The molecule has 1 aromatic heterocycles. The van der Waals surface area contributed by atoms with Crippen LogP contribution in [-0.2, 0) is 11.3 Å². The number of hydrogen-bond acceptors (Lipinski definition) is 4. The molecule has 2 N–H and O–H groups in total. The number of benzene rings is 1. The van der Waals surface area contributed by atoms with Crippen LogP contribution in [0.4, 0.5) is 4.79 Å². The van der Waals surface area contributed by atoms with Gasteiger partial charge >= 0.3 is 29.6 Å². The Kier molecular flexibility index (Phi) is 4.60. The molecule has 4 rings (SSSR count). The van der Waals surface area contributed by atoms with E-state index in [1.807, 2.05) is 30.3 Å². The Morgan fingerprint density at radius 2 is 1.92 bits per heavy atom. The molecule has 1 aromatic carbocycles. The van der Waals surface area contributed by atoms with Crippen molar-refractivity contribution in [3.05, 3.63) is 57.3 Å². The largest absolute Gasteiger partial charge is 1.00 e.